The molecule has 0 aliphatic rings. The van der Waals surface area contributed by atoms with E-state index in [1.54, 1.807) is 36.4 Å². The average Bonchev–Trinajstić information content (AvgIpc) is 2.62. The number of amides is 1. The van der Waals surface area contributed by atoms with E-state index in [0.717, 1.165) is 0 Å². The number of hydrogen-bond donors (Lipinski definition) is 2. The van der Waals surface area contributed by atoms with E-state index < -0.39 is 5.91 Å². The molecule has 0 unspecified atom stereocenters. The number of nitriles is 2. The van der Waals surface area contributed by atoms with E-state index in [-0.39, 0.29) is 5.57 Å². The van der Waals surface area contributed by atoms with Gasteiger partial charge in [-0.05, 0) is 30.3 Å². The number of carbonyl (C=O) groups is 1. The van der Waals surface area contributed by atoms with Crippen LogP contribution in [-0.2, 0) is 4.79 Å². The predicted octanol–water partition coefficient (Wildman–Crippen LogP) is 3.68. The highest BCUT2D eigenvalue weighted by Crippen LogP contribution is 2.28. The normalized spacial score (nSPS) is 10.3. The van der Waals surface area contributed by atoms with E-state index >= 15 is 0 Å². The number of methoxy groups -OCH3 is 1. The van der Waals surface area contributed by atoms with Crippen molar-refractivity contribution in [1.29, 1.82) is 10.5 Å². The minimum absolute atomic E-state index is 0.172. The van der Waals surface area contributed by atoms with Crippen molar-refractivity contribution in [3.05, 3.63) is 64.8 Å². The summed E-state index contributed by atoms with van der Waals surface area (Å²) in [5.74, 6) is -0.220. The topological polar surface area (TPSA) is 97.9 Å². The van der Waals surface area contributed by atoms with Gasteiger partial charge in [0.25, 0.3) is 5.91 Å². The molecule has 0 aromatic heterocycles. The van der Waals surface area contributed by atoms with E-state index in [1.807, 2.05) is 12.1 Å². The summed E-state index contributed by atoms with van der Waals surface area (Å²) in [5, 5.41) is 24.1. The molecule has 0 saturated carbocycles. The van der Waals surface area contributed by atoms with E-state index in [9.17, 15) is 10.1 Å². The van der Waals surface area contributed by atoms with Gasteiger partial charge in [0.05, 0.1) is 24.0 Å². The first-order valence-electron chi connectivity index (χ1n) is 7.10. The Bertz CT molecular complexity index is 910. The molecular weight excluding hydrogens is 340 g/mol. The Kier molecular flexibility index (Phi) is 6.00. The molecule has 0 fully saturated rings. The molecule has 0 saturated heterocycles. The average molecular weight is 353 g/mol. The van der Waals surface area contributed by atoms with Gasteiger partial charge in [-0.1, -0.05) is 23.7 Å². The molecular formula is C18H13ClN4O2. The number of halogens is 1. The summed E-state index contributed by atoms with van der Waals surface area (Å²) in [7, 11) is 1.46. The molecule has 2 N–H and O–H groups in total. The molecule has 1 amide bonds. The summed E-state index contributed by atoms with van der Waals surface area (Å²) in [5.41, 5.74) is 1.06. The van der Waals surface area contributed by atoms with Crippen LogP contribution in [0.2, 0.25) is 5.02 Å². The second-order valence-corrected chi connectivity index (χ2v) is 5.21. The van der Waals surface area contributed by atoms with Gasteiger partial charge in [0, 0.05) is 11.2 Å². The highest BCUT2D eigenvalue weighted by Gasteiger charge is 2.13. The lowest BCUT2D eigenvalue weighted by Crippen LogP contribution is -2.15. The highest BCUT2D eigenvalue weighted by atomic mass is 35.5. The fourth-order valence-electron chi connectivity index (χ4n) is 1.97. The first-order chi connectivity index (χ1) is 12.1. The first kappa shape index (κ1) is 17.9. The minimum atomic E-state index is -0.634. The van der Waals surface area contributed by atoms with Crippen LogP contribution in [0.5, 0.6) is 5.75 Å². The van der Waals surface area contributed by atoms with Gasteiger partial charge in [0.1, 0.15) is 23.5 Å². The van der Waals surface area contributed by atoms with Crippen LogP contribution < -0.4 is 15.4 Å². The maximum absolute atomic E-state index is 12.3. The monoisotopic (exact) mass is 352 g/mol. The Hall–Kier alpha value is -3.48. The summed E-state index contributed by atoms with van der Waals surface area (Å²) in [6.07, 6.45) is 1.24. The Balaban J connectivity index is 2.21. The van der Waals surface area contributed by atoms with Crippen molar-refractivity contribution in [1.82, 2.24) is 0 Å². The zero-order valence-electron chi connectivity index (χ0n) is 13.2. The van der Waals surface area contributed by atoms with Crippen LogP contribution >= 0.6 is 11.6 Å². The Morgan fingerprint density at radius 3 is 2.64 bits per heavy atom. The molecule has 2 rings (SSSR count). The van der Waals surface area contributed by atoms with Crippen molar-refractivity contribution >= 4 is 28.9 Å². The predicted molar refractivity (Wildman–Crippen MR) is 95.1 cm³/mol. The highest BCUT2D eigenvalue weighted by molar-refractivity contribution is 6.31. The van der Waals surface area contributed by atoms with E-state index in [1.165, 1.54) is 19.4 Å². The summed E-state index contributed by atoms with van der Waals surface area (Å²) in [6, 6.07) is 15.3. The second kappa shape index (κ2) is 8.39. The van der Waals surface area contributed by atoms with Crippen LogP contribution in [0.4, 0.5) is 11.4 Å². The molecule has 25 heavy (non-hydrogen) atoms. The molecule has 0 radical (unpaired) electrons. The molecule has 7 heteroatoms. The van der Waals surface area contributed by atoms with Crippen molar-refractivity contribution < 1.29 is 9.53 Å². The van der Waals surface area contributed by atoms with Gasteiger partial charge in [0.2, 0.25) is 0 Å². The van der Waals surface area contributed by atoms with Crippen molar-refractivity contribution in [2.75, 3.05) is 17.7 Å². The molecule has 2 aromatic carbocycles. The number of anilines is 2. The number of nitrogens with zero attached hydrogens (tertiary/aromatic N) is 2. The summed E-state index contributed by atoms with van der Waals surface area (Å²) in [4.78, 5) is 12.3. The molecule has 0 aliphatic carbocycles. The van der Waals surface area contributed by atoms with Gasteiger partial charge >= 0.3 is 0 Å². The maximum atomic E-state index is 12.3. The molecule has 0 bridgehead atoms. The van der Waals surface area contributed by atoms with Crippen molar-refractivity contribution in [2.45, 2.75) is 0 Å². The summed E-state index contributed by atoms with van der Waals surface area (Å²) >= 11 is 5.92. The van der Waals surface area contributed by atoms with Gasteiger partial charge in [-0.15, -0.1) is 0 Å². The molecule has 0 spiro atoms. The van der Waals surface area contributed by atoms with Crippen LogP contribution in [0.3, 0.4) is 0 Å². The van der Waals surface area contributed by atoms with Crippen LogP contribution in [-0.4, -0.2) is 13.0 Å². The number of ether oxygens (including phenoxy) is 1. The van der Waals surface area contributed by atoms with Gasteiger partial charge < -0.3 is 15.4 Å². The van der Waals surface area contributed by atoms with Gasteiger partial charge in [-0.25, -0.2) is 0 Å². The Labute approximate surface area is 149 Å². The van der Waals surface area contributed by atoms with Gasteiger partial charge in [0.15, 0.2) is 0 Å². The van der Waals surface area contributed by atoms with Crippen LogP contribution in [0.1, 0.15) is 5.56 Å². The van der Waals surface area contributed by atoms with Crippen molar-refractivity contribution in [2.24, 2.45) is 0 Å². The number of carbonyl (C=O) groups excluding carboxylic acids is 1. The lowest BCUT2D eigenvalue weighted by molar-refractivity contribution is -0.112. The largest absolute Gasteiger partial charge is 0.495 e. The molecule has 124 valence electrons. The molecule has 0 atom stereocenters. The fourth-order valence-corrected chi connectivity index (χ4v) is 2.14. The molecule has 2 aromatic rings. The standard InChI is InChI=1S/C18H13ClN4O2/c1-25-17-7-6-14(19)8-16(17)23-18(24)13(10-21)11-22-15-5-3-2-4-12(15)9-20/h2-8,11,22H,1H3,(H,23,24)/b13-11-. The lowest BCUT2D eigenvalue weighted by atomic mass is 10.2. The second-order valence-electron chi connectivity index (χ2n) is 4.77. The minimum Gasteiger partial charge on any atom is -0.495 e. The van der Waals surface area contributed by atoms with Crippen LogP contribution in [0.25, 0.3) is 0 Å². The molecule has 6 nitrogen and oxygen atoms in total. The quantitative estimate of drug-likeness (QED) is 0.631. The third-order valence-corrected chi connectivity index (χ3v) is 3.43. The number of para-hydroxylation sites is 1. The van der Waals surface area contributed by atoms with Crippen molar-refractivity contribution in [3.63, 3.8) is 0 Å². The number of hydrogen-bond acceptors (Lipinski definition) is 5. The zero-order valence-corrected chi connectivity index (χ0v) is 14.0. The van der Waals surface area contributed by atoms with Crippen LogP contribution in [0.15, 0.2) is 54.2 Å². The van der Waals surface area contributed by atoms with E-state index in [2.05, 4.69) is 10.6 Å². The van der Waals surface area contributed by atoms with E-state index in [4.69, 9.17) is 21.6 Å². The van der Waals surface area contributed by atoms with Crippen molar-refractivity contribution in [3.8, 4) is 17.9 Å². The zero-order chi connectivity index (χ0) is 18.2. The molecule has 0 aliphatic heterocycles. The van der Waals surface area contributed by atoms with Gasteiger partial charge in [-0.2, -0.15) is 10.5 Å². The SMILES string of the molecule is COc1ccc(Cl)cc1NC(=O)/C(C#N)=C\Nc1ccccc1C#N. The number of rotatable bonds is 5. The third kappa shape index (κ3) is 4.51. The van der Waals surface area contributed by atoms with Crippen LogP contribution in [0, 0.1) is 22.7 Å². The Morgan fingerprint density at radius 2 is 1.96 bits per heavy atom. The summed E-state index contributed by atoms with van der Waals surface area (Å²) < 4.78 is 5.15. The fraction of sp³-hybridized carbons (Fsp3) is 0.0556. The number of benzene rings is 2. The van der Waals surface area contributed by atoms with E-state index in [0.29, 0.717) is 27.7 Å². The first-order valence-corrected chi connectivity index (χ1v) is 7.47. The third-order valence-electron chi connectivity index (χ3n) is 3.19. The van der Waals surface area contributed by atoms with Gasteiger partial charge in [-0.3, -0.25) is 4.79 Å². The number of nitrogens with one attached hydrogen (secondary N) is 2. The maximum Gasteiger partial charge on any atom is 0.267 e. The molecule has 0 heterocycles. The lowest BCUT2D eigenvalue weighted by Gasteiger charge is -2.10. The smallest absolute Gasteiger partial charge is 0.267 e. The Morgan fingerprint density at radius 1 is 1.20 bits per heavy atom. The summed E-state index contributed by atoms with van der Waals surface area (Å²) in [6.45, 7) is 0.